The van der Waals surface area contributed by atoms with Crippen molar-refractivity contribution in [3.63, 3.8) is 0 Å². The van der Waals surface area contributed by atoms with Crippen LogP contribution in [-0.2, 0) is 15.6 Å². The third kappa shape index (κ3) is 4.85. The average Bonchev–Trinajstić information content (AvgIpc) is 2.59. The minimum absolute atomic E-state index is 0.0231. The lowest BCUT2D eigenvalue weighted by molar-refractivity contribution is -0.122. The lowest BCUT2D eigenvalue weighted by atomic mass is 9.83. The molecule has 27 heavy (non-hydrogen) atoms. The molecule has 7 heteroatoms. The molecule has 0 aliphatic rings. The normalized spacial score (nSPS) is 11.2. The van der Waals surface area contributed by atoms with Gasteiger partial charge in [-0.15, -0.1) is 0 Å². The molecule has 0 aliphatic heterocycles. The highest BCUT2D eigenvalue weighted by atomic mass is 19.2. The molecule has 0 heterocycles. The van der Waals surface area contributed by atoms with E-state index >= 15 is 0 Å². The van der Waals surface area contributed by atoms with Crippen molar-refractivity contribution < 1.29 is 22.4 Å². The minimum atomic E-state index is -1.20. The van der Waals surface area contributed by atoms with E-state index in [1.54, 1.807) is 13.8 Å². The SMILES string of the molecule is CC(C)(C#N)c1cccc(F)c1F.CC(C)(C(N)=O)c1cccc(F)c1F. The number of halogens is 4. The van der Waals surface area contributed by atoms with Gasteiger partial charge in [-0.2, -0.15) is 5.26 Å². The maximum atomic E-state index is 13.3. The number of carbonyl (C=O) groups excluding carboxylic acids is 1. The minimum Gasteiger partial charge on any atom is -0.369 e. The van der Waals surface area contributed by atoms with Crippen LogP contribution in [0.4, 0.5) is 17.6 Å². The zero-order valence-corrected chi connectivity index (χ0v) is 15.4. The van der Waals surface area contributed by atoms with Crippen LogP contribution in [0, 0.1) is 34.6 Å². The van der Waals surface area contributed by atoms with Crippen LogP contribution >= 0.6 is 0 Å². The van der Waals surface area contributed by atoms with Gasteiger partial charge in [0.1, 0.15) is 0 Å². The molecule has 2 aromatic carbocycles. The Hall–Kier alpha value is -2.88. The maximum Gasteiger partial charge on any atom is 0.227 e. The van der Waals surface area contributed by atoms with Gasteiger partial charge in [-0.05, 0) is 39.8 Å². The number of carbonyl (C=O) groups is 1. The molecule has 0 saturated heterocycles. The molecule has 144 valence electrons. The van der Waals surface area contributed by atoms with Crippen LogP contribution in [0.2, 0.25) is 0 Å². The molecule has 0 aromatic heterocycles. The van der Waals surface area contributed by atoms with Gasteiger partial charge in [-0.25, -0.2) is 17.6 Å². The Morgan fingerprint density at radius 3 is 1.70 bits per heavy atom. The number of primary amides is 1. The molecular weight excluding hydrogens is 360 g/mol. The molecule has 2 aromatic rings. The lowest BCUT2D eigenvalue weighted by Crippen LogP contribution is -2.36. The first-order valence-corrected chi connectivity index (χ1v) is 7.96. The number of nitriles is 1. The van der Waals surface area contributed by atoms with Crippen LogP contribution in [0.3, 0.4) is 0 Å². The Morgan fingerprint density at radius 1 is 0.889 bits per heavy atom. The quantitative estimate of drug-likeness (QED) is 0.797. The summed E-state index contributed by atoms with van der Waals surface area (Å²) in [5.74, 6) is -4.54. The van der Waals surface area contributed by atoms with Crippen LogP contribution in [0.5, 0.6) is 0 Å². The summed E-state index contributed by atoms with van der Waals surface area (Å²) in [6.45, 7) is 6.00. The van der Waals surface area contributed by atoms with Gasteiger partial charge in [0.05, 0.1) is 16.9 Å². The first kappa shape index (κ1) is 22.2. The fourth-order valence-electron chi connectivity index (χ4n) is 2.17. The zero-order chi connectivity index (χ0) is 21.0. The second-order valence-corrected chi connectivity index (χ2v) is 6.93. The Morgan fingerprint density at radius 2 is 1.30 bits per heavy atom. The van der Waals surface area contributed by atoms with E-state index in [0.717, 1.165) is 12.1 Å². The van der Waals surface area contributed by atoms with Crippen LogP contribution < -0.4 is 5.73 Å². The molecule has 0 spiro atoms. The smallest absolute Gasteiger partial charge is 0.227 e. The Bertz CT molecular complexity index is 886. The summed E-state index contributed by atoms with van der Waals surface area (Å²) in [5.41, 5.74) is 2.97. The fourth-order valence-corrected chi connectivity index (χ4v) is 2.17. The van der Waals surface area contributed by atoms with E-state index in [-0.39, 0.29) is 11.1 Å². The molecular formula is C20H20F4N2O. The van der Waals surface area contributed by atoms with Gasteiger partial charge in [0.2, 0.25) is 5.91 Å². The topological polar surface area (TPSA) is 66.9 Å². The second kappa shape index (κ2) is 8.21. The summed E-state index contributed by atoms with van der Waals surface area (Å²) in [5, 5.41) is 8.72. The van der Waals surface area contributed by atoms with Crippen LogP contribution in [0.25, 0.3) is 0 Å². The molecule has 3 nitrogen and oxygen atoms in total. The number of nitrogens with two attached hydrogens (primary N) is 1. The van der Waals surface area contributed by atoms with Gasteiger partial charge in [0, 0.05) is 11.1 Å². The highest BCUT2D eigenvalue weighted by Gasteiger charge is 2.31. The van der Waals surface area contributed by atoms with Crippen molar-refractivity contribution in [3.8, 4) is 6.07 Å². The summed E-state index contributed by atoms with van der Waals surface area (Å²) in [4.78, 5) is 11.0. The third-order valence-electron chi connectivity index (χ3n) is 4.15. The van der Waals surface area contributed by atoms with E-state index in [1.165, 1.54) is 38.1 Å². The number of hydrogen-bond donors (Lipinski definition) is 1. The largest absolute Gasteiger partial charge is 0.369 e. The average molecular weight is 380 g/mol. The standard InChI is InChI=1S/C10H11F2NO.C10H9F2N/c1-10(2,9(13)14)6-4-3-5-7(11)8(6)12;1-10(2,6-13)7-4-3-5-8(11)9(7)12/h3-5H,1-2H3,(H2,13,14);3-5H,1-2H3. The summed E-state index contributed by atoms with van der Waals surface area (Å²) in [6, 6.07) is 9.46. The van der Waals surface area contributed by atoms with Gasteiger partial charge in [-0.1, -0.05) is 24.3 Å². The predicted molar refractivity (Wildman–Crippen MR) is 93.6 cm³/mol. The molecule has 2 N–H and O–H groups in total. The molecule has 0 fully saturated rings. The number of hydrogen-bond acceptors (Lipinski definition) is 2. The highest BCUT2D eigenvalue weighted by Crippen LogP contribution is 2.27. The van der Waals surface area contributed by atoms with Gasteiger partial charge in [0.25, 0.3) is 0 Å². The van der Waals surface area contributed by atoms with E-state index in [4.69, 9.17) is 11.0 Å². The van der Waals surface area contributed by atoms with E-state index in [0.29, 0.717) is 0 Å². The number of benzene rings is 2. The van der Waals surface area contributed by atoms with Crippen molar-refractivity contribution >= 4 is 5.91 Å². The summed E-state index contributed by atoms with van der Waals surface area (Å²) in [6.07, 6.45) is 0. The molecule has 0 aliphatic carbocycles. The van der Waals surface area contributed by atoms with Crippen molar-refractivity contribution in [2.75, 3.05) is 0 Å². The Kier molecular flexibility index (Phi) is 6.74. The molecule has 1 amide bonds. The van der Waals surface area contributed by atoms with Crippen LogP contribution in [0.15, 0.2) is 36.4 Å². The molecule has 0 radical (unpaired) electrons. The van der Waals surface area contributed by atoms with E-state index in [9.17, 15) is 22.4 Å². The summed E-state index contributed by atoms with van der Waals surface area (Å²) in [7, 11) is 0. The predicted octanol–water partition coefficient (Wildman–Crippen LogP) is 4.49. The van der Waals surface area contributed by atoms with Crippen LogP contribution in [-0.4, -0.2) is 5.91 Å². The van der Waals surface area contributed by atoms with Crippen molar-refractivity contribution in [1.82, 2.24) is 0 Å². The highest BCUT2D eigenvalue weighted by molar-refractivity contribution is 5.85. The van der Waals surface area contributed by atoms with E-state index in [1.807, 2.05) is 6.07 Å². The maximum absolute atomic E-state index is 13.3. The summed E-state index contributed by atoms with van der Waals surface area (Å²) < 4.78 is 52.0. The Labute approximate surface area is 155 Å². The van der Waals surface area contributed by atoms with Gasteiger partial charge < -0.3 is 5.73 Å². The number of nitrogens with zero attached hydrogens (tertiary/aromatic N) is 1. The van der Waals surface area contributed by atoms with Crippen molar-refractivity contribution in [3.05, 3.63) is 70.8 Å². The zero-order valence-electron chi connectivity index (χ0n) is 15.4. The first-order valence-electron chi connectivity index (χ1n) is 7.96. The van der Waals surface area contributed by atoms with E-state index < -0.39 is 40.0 Å². The molecule has 0 unspecified atom stereocenters. The van der Waals surface area contributed by atoms with Gasteiger partial charge in [-0.3, -0.25) is 4.79 Å². The molecule has 0 atom stereocenters. The van der Waals surface area contributed by atoms with Crippen LogP contribution in [0.1, 0.15) is 38.8 Å². The van der Waals surface area contributed by atoms with Crippen molar-refractivity contribution in [2.45, 2.75) is 38.5 Å². The number of amides is 1. The number of rotatable bonds is 3. The fraction of sp³-hybridized carbons (Fsp3) is 0.300. The lowest BCUT2D eigenvalue weighted by Gasteiger charge is -2.21. The molecule has 0 bridgehead atoms. The monoisotopic (exact) mass is 380 g/mol. The van der Waals surface area contributed by atoms with Gasteiger partial charge >= 0.3 is 0 Å². The van der Waals surface area contributed by atoms with Crippen molar-refractivity contribution in [2.24, 2.45) is 5.73 Å². The van der Waals surface area contributed by atoms with Gasteiger partial charge in [0.15, 0.2) is 23.3 Å². The Balaban J connectivity index is 0.000000271. The van der Waals surface area contributed by atoms with Crippen molar-refractivity contribution in [1.29, 1.82) is 5.26 Å². The summed E-state index contributed by atoms with van der Waals surface area (Å²) >= 11 is 0. The molecule has 2 rings (SSSR count). The second-order valence-electron chi connectivity index (χ2n) is 6.93. The first-order chi connectivity index (χ1) is 12.4. The third-order valence-corrected chi connectivity index (χ3v) is 4.15. The van der Waals surface area contributed by atoms with E-state index in [2.05, 4.69) is 0 Å². The molecule has 0 saturated carbocycles.